The van der Waals surface area contributed by atoms with Crippen LogP contribution in [0.25, 0.3) is 0 Å². The van der Waals surface area contributed by atoms with Gasteiger partial charge in [-0.05, 0) is 24.3 Å². The molecule has 2 aromatic rings. The van der Waals surface area contributed by atoms with Gasteiger partial charge < -0.3 is 14.4 Å². The summed E-state index contributed by atoms with van der Waals surface area (Å²) in [6.45, 7) is 0.187. The summed E-state index contributed by atoms with van der Waals surface area (Å²) in [5.74, 6) is -0.506. The molecule has 1 aliphatic rings. The Balaban J connectivity index is 1.76. The molecule has 1 fully saturated rings. The van der Waals surface area contributed by atoms with Gasteiger partial charge in [0.2, 0.25) is 5.91 Å². The van der Waals surface area contributed by atoms with Crippen LogP contribution in [-0.2, 0) is 9.59 Å². The maximum Gasteiger partial charge on any atom is 0.316 e. The lowest BCUT2D eigenvalue weighted by Crippen LogP contribution is -2.27. The lowest BCUT2D eigenvalue weighted by atomic mass is 10.1. The molecule has 1 saturated heterocycles. The summed E-state index contributed by atoms with van der Waals surface area (Å²) in [5.41, 5.74) is 0.492. The zero-order chi connectivity index (χ0) is 18.0. The molecule has 0 unspecified atom stereocenters. The second-order valence-corrected chi connectivity index (χ2v) is 6.34. The molecule has 5 nitrogen and oxygen atoms in total. The Morgan fingerprint density at radius 3 is 2.56 bits per heavy atom. The van der Waals surface area contributed by atoms with E-state index in [0.717, 1.165) is 0 Å². The molecule has 25 heavy (non-hydrogen) atoms. The number of carbonyl (C=O) groups excluding carboxylic acids is 2. The van der Waals surface area contributed by atoms with Crippen molar-refractivity contribution in [2.45, 2.75) is 6.42 Å². The summed E-state index contributed by atoms with van der Waals surface area (Å²) in [5, 5.41) is 0.642. The number of nitrogens with zero attached hydrogens (tertiary/aromatic N) is 1. The Hall–Kier alpha value is -2.24. The number of para-hydroxylation sites is 2. The van der Waals surface area contributed by atoms with Gasteiger partial charge in [-0.2, -0.15) is 0 Å². The fraction of sp³-hybridized carbons (Fsp3) is 0.222. The summed E-state index contributed by atoms with van der Waals surface area (Å²) >= 11 is 12.2. The maximum atomic E-state index is 12.4. The highest BCUT2D eigenvalue weighted by Gasteiger charge is 2.37. The van der Waals surface area contributed by atoms with E-state index in [2.05, 4.69) is 0 Å². The van der Waals surface area contributed by atoms with Crippen molar-refractivity contribution in [1.29, 1.82) is 0 Å². The molecule has 2 aromatic carbocycles. The number of amides is 1. The van der Waals surface area contributed by atoms with Crippen molar-refractivity contribution in [3.05, 3.63) is 52.5 Å². The minimum absolute atomic E-state index is 0.0524. The highest BCUT2D eigenvalue weighted by Crippen LogP contribution is 2.36. The van der Waals surface area contributed by atoms with Crippen LogP contribution in [0.3, 0.4) is 0 Å². The normalized spacial score (nSPS) is 16.8. The van der Waals surface area contributed by atoms with Gasteiger partial charge in [-0.15, -0.1) is 0 Å². The lowest BCUT2D eigenvalue weighted by molar-refractivity contribution is -0.139. The molecular formula is C18H15Cl2NO4. The quantitative estimate of drug-likeness (QED) is 0.595. The van der Waals surface area contributed by atoms with E-state index < -0.39 is 11.9 Å². The standard InChI is InChI=1S/C18H15Cl2NO4/c1-24-14-7-2-3-8-15(14)25-18(23)11-9-16(22)21(10-11)13-6-4-5-12(19)17(13)20/h2-8,11H,9-10H2,1H3/t11-/m1/s1. The molecule has 1 amide bonds. The number of rotatable bonds is 4. The summed E-state index contributed by atoms with van der Waals surface area (Å²) in [7, 11) is 1.49. The third kappa shape index (κ3) is 3.57. The van der Waals surface area contributed by atoms with Gasteiger partial charge >= 0.3 is 5.97 Å². The van der Waals surface area contributed by atoms with Gasteiger partial charge in [-0.1, -0.05) is 41.4 Å². The van der Waals surface area contributed by atoms with Crippen LogP contribution in [0.1, 0.15) is 6.42 Å². The van der Waals surface area contributed by atoms with Gasteiger partial charge in [0.1, 0.15) is 0 Å². The molecule has 0 aliphatic carbocycles. The lowest BCUT2D eigenvalue weighted by Gasteiger charge is -2.18. The monoisotopic (exact) mass is 379 g/mol. The zero-order valence-corrected chi connectivity index (χ0v) is 14.9. The number of methoxy groups -OCH3 is 1. The number of hydrogen-bond acceptors (Lipinski definition) is 4. The predicted octanol–water partition coefficient (Wildman–Crippen LogP) is 3.96. The number of esters is 1. The van der Waals surface area contributed by atoms with E-state index in [-0.39, 0.29) is 23.9 Å². The average Bonchev–Trinajstić information content (AvgIpc) is 2.99. The summed E-state index contributed by atoms with van der Waals surface area (Å²) in [6, 6.07) is 11.9. The van der Waals surface area contributed by atoms with Crippen LogP contribution in [0.4, 0.5) is 5.69 Å². The Labute approximate surface area is 155 Å². The number of carbonyl (C=O) groups is 2. The Morgan fingerprint density at radius 1 is 1.12 bits per heavy atom. The molecule has 7 heteroatoms. The summed E-state index contributed by atoms with van der Waals surface area (Å²) < 4.78 is 10.6. The first-order chi connectivity index (χ1) is 12.0. The highest BCUT2D eigenvalue weighted by atomic mass is 35.5. The number of halogens is 2. The fourth-order valence-corrected chi connectivity index (χ4v) is 3.09. The van der Waals surface area contributed by atoms with Crippen molar-refractivity contribution in [1.82, 2.24) is 0 Å². The number of anilines is 1. The molecule has 0 saturated carbocycles. The molecule has 1 atom stereocenters. The maximum absolute atomic E-state index is 12.4. The van der Waals surface area contributed by atoms with E-state index in [0.29, 0.717) is 22.2 Å². The van der Waals surface area contributed by atoms with E-state index in [9.17, 15) is 9.59 Å². The van der Waals surface area contributed by atoms with Crippen molar-refractivity contribution in [3.8, 4) is 11.5 Å². The zero-order valence-electron chi connectivity index (χ0n) is 13.4. The van der Waals surface area contributed by atoms with Crippen molar-refractivity contribution >= 4 is 40.8 Å². The number of ether oxygens (including phenoxy) is 2. The molecule has 1 heterocycles. The average molecular weight is 380 g/mol. The summed E-state index contributed by atoms with van der Waals surface area (Å²) in [4.78, 5) is 26.2. The molecule has 0 N–H and O–H groups in total. The van der Waals surface area contributed by atoms with Gasteiger partial charge in [0.15, 0.2) is 11.5 Å². The Kier molecular flexibility index (Phi) is 5.16. The number of benzene rings is 2. The molecule has 0 aromatic heterocycles. The Bertz CT molecular complexity index is 824. The third-order valence-corrected chi connectivity index (χ3v) is 4.77. The molecule has 1 aliphatic heterocycles. The van der Waals surface area contributed by atoms with Crippen molar-refractivity contribution in [3.63, 3.8) is 0 Å². The summed E-state index contributed by atoms with van der Waals surface area (Å²) in [6.07, 6.45) is 0.0524. The SMILES string of the molecule is COc1ccccc1OC(=O)[C@@H]1CC(=O)N(c2cccc(Cl)c2Cl)C1. The molecule has 0 radical (unpaired) electrons. The smallest absolute Gasteiger partial charge is 0.316 e. The first-order valence-corrected chi connectivity index (χ1v) is 8.36. The van der Waals surface area contributed by atoms with Gasteiger partial charge in [-0.25, -0.2) is 0 Å². The second kappa shape index (κ2) is 7.33. The molecule has 0 bridgehead atoms. The van der Waals surface area contributed by atoms with E-state index in [4.69, 9.17) is 32.7 Å². The van der Waals surface area contributed by atoms with Crippen LogP contribution in [0.5, 0.6) is 11.5 Å². The van der Waals surface area contributed by atoms with E-state index in [1.54, 1.807) is 42.5 Å². The molecular weight excluding hydrogens is 365 g/mol. The van der Waals surface area contributed by atoms with E-state index >= 15 is 0 Å². The molecule has 3 rings (SSSR count). The van der Waals surface area contributed by atoms with Gasteiger partial charge in [0, 0.05) is 13.0 Å². The van der Waals surface area contributed by atoms with Gasteiger partial charge in [-0.3, -0.25) is 9.59 Å². The van der Waals surface area contributed by atoms with Gasteiger partial charge in [0.25, 0.3) is 0 Å². The highest BCUT2D eigenvalue weighted by molar-refractivity contribution is 6.44. The van der Waals surface area contributed by atoms with Crippen LogP contribution >= 0.6 is 23.2 Å². The van der Waals surface area contributed by atoms with E-state index in [1.165, 1.54) is 12.0 Å². The minimum atomic E-state index is -0.590. The molecule has 130 valence electrons. The van der Waals surface area contributed by atoms with Crippen molar-refractivity contribution in [2.75, 3.05) is 18.6 Å². The third-order valence-electron chi connectivity index (χ3n) is 3.96. The van der Waals surface area contributed by atoms with Gasteiger partial charge in [0.05, 0.1) is 28.8 Å². The minimum Gasteiger partial charge on any atom is -0.493 e. The fourth-order valence-electron chi connectivity index (χ4n) is 2.69. The van der Waals surface area contributed by atoms with Crippen LogP contribution < -0.4 is 14.4 Å². The number of hydrogen-bond donors (Lipinski definition) is 0. The van der Waals surface area contributed by atoms with Crippen LogP contribution in [0, 0.1) is 5.92 Å². The first kappa shape index (κ1) is 17.6. The van der Waals surface area contributed by atoms with Crippen LogP contribution in [0.15, 0.2) is 42.5 Å². The van der Waals surface area contributed by atoms with Crippen LogP contribution in [-0.4, -0.2) is 25.5 Å². The van der Waals surface area contributed by atoms with Crippen molar-refractivity contribution in [2.24, 2.45) is 5.92 Å². The van der Waals surface area contributed by atoms with Crippen molar-refractivity contribution < 1.29 is 19.1 Å². The molecule has 0 spiro atoms. The Morgan fingerprint density at radius 2 is 1.84 bits per heavy atom. The van der Waals surface area contributed by atoms with E-state index in [1.807, 2.05) is 0 Å². The predicted molar refractivity (Wildman–Crippen MR) is 95.6 cm³/mol. The topological polar surface area (TPSA) is 55.8 Å². The van der Waals surface area contributed by atoms with Crippen LogP contribution in [0.2, 0.25) is 10.0 Å². The first-order valence-electron chi connectivity index (χ1n) is 7.60. The second-order valence-electron chi connectivity index (χ2n) is 5.55. The largest absolute Gasteiger partial charge is 0.493 e.